The monoisotopic (exact) mass is 674 g/mol. The number of carbonyl (C=O) groups is 1. The van der Waals surface area contributed by atoms with Gasteiger partial charge < -0.3 is 20.5 Å². The number of H-pyrrole nitrogens is 1. The van der Waals surface area contributed by atoms with Gasteiger partial charge in [-0.2, -0.15) is 9.40 Å². The number of aliphatic carboxylic acids is 1. The Labute approximate surface area is 257 Å². The number of thiazole rings is 2. The predicted molar refractivity (Wildman–Crippen MR) is 158 cm³/mol. The number of ether oxygens (including phenoxy) is 1. The van der Waals surface area contributed by atoms with Gasteiger partial charge >= 0.3 is 12.3 Å². The molecular formula is C25H27F3N7O6S3-. The topological polar surface area (TPSA) is 182 Å². The minimum atomic E-state index is -4.94. The van der Waals surface area contributed by atoms with E-state index in [1.165, 1.54) is 11.2 Å². The summed E-state index contributed by atoms with van der Waals surface area (Å²) in [6.45, 7) is 4.10. The van der Waals surface area contributed by atoms with Crippen molar-refractivity contribution >= 4 is 54.0 Å². The number of anilines is 1. The average molecular weight is 675 g/mol. The molecule has 13 nitrogen and oxygen atoms in total. The zero-order valence-corrected chi connectivity index (χ0v) is 25.7. The number of fused-ring (bicyclic) bond motifs is 1. The maximum absolute atomic E-state index is 13.0. The Balaban J connectivity index is 0.000000339. The van der Waals surface area contributed by atoms with Gasteiger partial charge in [0, 0.05) is 30.2 Å². The molecule has 1 fully saturated rings. The van der Waals surface area contributed by atoms with Gasteiger partial charge in [0.25, 0.3) is 5.56 Å². The summed E-state index contributed by atoms with van der Waals surface area (Å²) >= 11 is 2.71. The number of hydrogen-bond donors (Lipinski definition) is 2. The number of aryl methyl sites for hydroxylation is 2. The highest BCUT2D eigenvalue weighted by Gasteiger charge is 2.41. The molecule has 3 N–H and O–H groups in total. The Kier molecular flexibility index (Phi) is 10.2. The van der Waals surface area contributed by atoms with Crippen molar-refractivity contribution in [1.82, 2.24) is 24.5 Å². The first kappa shape index (κ1) is 33.2. The molecule has 1 atom stereocenters. The molecule has 1 saturated heterocycles. The van der Waals surface area contributed by atoms with E-state index in [2.05, 4.69) is 31.8 Å². The summed E-state index contributed by atoms with van der Waals surface area (Å²) in [4.78, 5) is 34.7. The van der Waals surface area contributed by atoms with Crippen molar-refractivity contribution in [2.75, 3.05) is 24.5 Å². The van der Waals surface area contributed by atoms with E-state index in [9.17, 15) is 36.3 Å². The Hall–Kier alpha value is -3.65. The summed E-state index contributed by atoms with van der Waals surface area (Å²) in [7, 11) is -4.35. The number of halogens is 3. The average Bonchev–Trinajstić information content (AvgIpc) is 3.56. The van der Waals surface area contributed by atoms with E-state index in [1.807, 2.05) is 6.92 Å². The lowest BCUT2D eigenvalue weighted by molar-refractivity contribution is -0.274. The summed E-state index contributed by atoms with van der Waals surface area (Å²) < 4.78 is 67.9. The number of carboxylic acid groups (broad SMARTS) is 1. The zero-order chi connectivity index (χ0) is 32.2. The Morgan fingerprint density at radius 3 is 2.48 bits per heavy atom. The number of nitrogens with one attached hydrogen (secondary N) is 2. The molecule has 4 heterocycles. The van der Waals surface area contributed by atoms with Crippen LogP contribution in [0.25, 0.3) is 16.0 Å². The minimum Gasteiger partial charge on any atom is -0.673 e. The number of nitrogens with zero attached hydrogens (tertiary/aromatic N) is 5. The van der Waals surface area contributed by atoms with Crippen molar-refractivity contribution in [2.24, 2.45) is 0 Å². The molecule has 0 amide bonds. The third-order valence-electron chi connectivity index (χ3n) is 6.31. The quantitative estimate of drug-likeness (QED) is 0.275. The fraction of sp³-hybridized carbons (Fsp3) is 0.400. The molecule has 44 heavy (non-hydrogen) atoms. The van der Waals surface area contributed by atoms with Crippen LogP contribution >= 0.6 is 22.7 Å². The number of benzene rings is 1. The Bertz CT molecular complexity index is 1770. The molecule has 5 rings (SSSR count). The van der Waals surface area contributed by atoms with Gasteiger partial charge in [-0.3, -0.25) is 9.59 Å². The van der Waals surface area contributed by atoms with Crippen molar-refractivity contribution in [1.29, 1.82) is 0 Å². The van der Waals surface area contributed by atoms with Crippen molar-refractivity contribution in [2.45, 2.75) is 50.5 Å². The second kappa shape index (κ2) is 13.6. The predicted octanol–water partition coefficient (Wildman–Crippen LogP) is 4.20. The van der Waals surface area contributed by atoms with E-state index < -0.39 is 39.7 Å². The first-order valence-corrected chi connectivity index (χ1v) is 16.1. The second-order valence-electron chi connectivity index (χ2n) is 9.39. The van der Waals surface area contributed by atoms with Crippen LogP contribution in [0.1, 0.15) is 28.9 Å². The zero-order valence-electron chi connectivity index (χ0n) is 23.3. The van der Waals surface area contributed by atoms with Gasteiger partial charge in [-0.05, 0) is 44.0 Å². The van der Waals surface area contributed by atoms with E-state index in [1.54, 1.807) is 16.2 Å². The molecule has 4 aromatic rings. The van der Waals surface area contributed by atoms with Crippen LogP contribution in [-0.2, 0) is 27.8 Å². The molecule has 1 aliphatic rings. The van der Waals surface area contributed by atoms with Crippen LogP contribution in [0.5, 0.6) is 5.75 Å². The molecule has 19 heteroatoms. The van der Waals surface area contributed by atoms with Gasteiger partial charge in [-0.15, -0.1) is 31.1 Å². The Morgan fingerprint density at radius 2 is 1.91 bits per heavy atom. The van der Waals surface area contributed by atoms with Gasteiger partial charge in [-0.25, -0.2) is 23.5 Å². The van der Waals surface area contributed by atoms with Gasteiger partial charge in [0.2, 0.25) is 10.0 Å². The van der Waals surface area contributed by atoms with E-state index >= 15 is 0 Å². The molecule has 0 spiro atoms. The second-order valence-corrected chi connectivity index (χ2v) is 13.4. The van der Waals surface area contributed by atoms with Gasteiger partial charge in [-0.1, -0.05) is 18.3 Å². The molecule has 0 aliphatic carbocycles. The fourth-order valence-electron chi connectivity index (χ4n) is 4.26. The van der Waals surface area contributed by atoms with Gasteiger partial charge in [0.1, 0.15) is 22.0 Å². The van der Waals surface area contributed by atoms with Crippen LogP contribution in [0.2, 0.25) is 0 Å². The summed E-state index contributed by atoms with van der Waals surface area (Å²) in [6, 6.07) is 1.99. The third kappa shape index (κ3) is 7.70. The number of aromatic amines is 1. The SMILES string of the molecule is CCCc1nc(C)c(C[NH-])s1.O=C(O)[C@H]1CN(c2nc3cn[nH]c(=O)c3s2)CCN1S(=O)(=O)c1ccc(OC(F)(F)F)cc1. The van der Waals surface area contributed by atoms with Crippen LogP contribution in [0, 0.1) is 6.92 Å². The summed E-state index contributed by atoms with van der Waals surface area (Å²) in [5.41, 5.74) is 8.12. The lowest BCUT2D eigenvalue weighted by Crippen LogP contribution is -2.58. The summed E-state index contributed by atoms with van der Waals surface area (Å²) in [5, 5.41) is 17.1. The van der Waals surface area contributed by atoms with Crippen molar-refractivity contribution in [3.63, 3.8) is 0 Å². The molecular weight excluding hydrogens is 648 g/mol. The highest BCUT2D eigenvalue weighted by Crippen LogP contribution is 2.31. The van der Waals surface area contributed by atoms with Crippen LogP contribution in [0.15, 0.2) is 40.2 Å². The van der Waals surface area contributed by atoms with E-state index in [4.69, 9.17) is 5.73 Å². The van der Waals surface area contributed by atoms with Crippen LogP contribution in [0.4, 0.5) is 18.3 Å². The molecule has 0 unspecified atom stereocenters. The number of hydrogen-bond acceptors (Lipinski definition) is 11. The van der Waals surface area contributed by atoms with Crippen molar-refractivity contribution in [3.8, 4) is 5.75 Å². The van der Waals surface area contributed by atoms with Crippen LogP contribution in [-0.4, -0.2) is 76.0 Å². The maximum atomic E-state index is 13.0. The number of sulfonamides is 1. The van der Waals surface area contributed by atoms with Crippen molar-refractivity contribution < 1.29 is 36.2 Å². The molecule has 0 bridgehead atoms. The normalized spacial score (nSPS) is 16.0. The highest BCUT2D eigenvalue weighted by molar-refractivity contribution is 7.89. The van der Waals surface area contributed by atoms with E-state index in [0.717, 1.165) is 63.3 Å². The third-order valence-corrected chi connectivity index (χ3v) is 10.6. The molecule has 0 radical (unpaired) electrons. The number of rotatable bonds is 8. The van der Waals surface area contributed by atoms with Crippen LogP contribution < -0.4 is 15.2 Å². The van der Waals surface area contributed by atoms with Crippen molar-refractivity contribution in [3.05, 3.63) is 62.1 Å². The number of aromatic nitrogens is 4. The van der Waals surface area contributed by atoms with Gasteiger partial charge in [0.15, 0.2) is 5.13 Å². The van der Waals surface area contributed by atoms with Gasteiger partial charge in [0.05, 0.1) is 16.1 Å². The maximum Gasteiger partial charge on any atom is 0.573 e. The molecule has 0 saturated carbocycles. The smallest absolute Gasteiger partial charge is 0.573 e. The fourth-order valence-corrected chi connectivity index (χ4v) is 7.83. The summed E-state index contributed by atoms with van der Waals surface area (Å²) in [5.74, 6) is -2.03. The van der Waals surface area contributed by atoms with E-state index in [0.29, 0.717) is 21.9 Å². The number of alkyl halides is 3. The largest absolute Gasteiger partial charge is 0.673 e. The standard InChI is InChI=1S/C17H14F3N5O6S2.C8H13N2S/c18-17(19,20)31-9-1-3-10(4-2-9)33(29,30)25-6-5-24(8-12(25)15(27)28)16-22-11-7-21-23-14(26)13(11)32-16;1-3-4-8-10-6(2)7(5-9)11-8/h1-4,7,12H,5-6,8H2,(H,23,26)(H,27,28);9H,3-5H2,1-2H3/q;-1/t12-;/m1./s1. The van der Waals surface area contributed by atoms with E-state index in [-0.39, 0.29) is 24.5 Å². The Morgan fingerprint density at radius 1 is 1.20 bits per heavy atom. The lowest BCUT2D eigenvalue weighted by atomic mass is 10.2. The number of carboxylic acids is 1. The lowest BCUT2D eigenvalue weighted by Gasteiger charge is -2.38. The molecule has 3 aromatic heterocycles. The first-order valence-electron chi connectivity index (χ1n) is 13.0. The molecule has 238 valence electrons. The summed E-state index contributed by atoms with van der Waals surface area (Å²) in [6.07, 6.45) is -1.39. The minimum absolute atomic E-state index is 0.0729. The molecule has 1 aromatic carbocycles. The highest BCUT2D eigenvalue weighted by atomic mass is 32.2. The number of piperazine rings is 1. The first-order chi connectivity index (χ1) is 20.7. The molecule has 1 aliphatic heterocycles. The van der Waals surface area contributed by atoms with Crippen LogP contribution in [0.3, 0.4) is 0 Å².